The molecule has 0 spiro atoms. The lowest BCUT2D eigenvalue weighted by Crippen LogP contribution is -2.12. The van der Waals surface area contributed by atoms with Crippen LogP contribution in [0.4, 0.5) is 5.82 Å². The van der Waals surface area contributed by atoms with Crippen LogP contribution in [0, 0.1) is 10.5 Å². The molecule has 0 aliphatic heterocycles. The van der Waals surface area contributed by atoms with Crippen molar-refractivity contribution < 1.29 is 4.79 Å². The summed E-state index contributed by atoms with van der Waals surface area (Å²) < 4.78 is 4.82. The maximum absolute atomic E-state index is 12.9. The van der Waals surface area contributed by atoms with Gasteiger partial charge in [-0.1, -0.05) is 35.3 Å². The molecule has 37 heavy (non-hydrogen) atoms. The minimum absolute atomic E-state index is 0.345. The van der Waals surface area contributed by atoms with Gasteiger partial charge in [-0.25, -0.2) is 14.5 Å². The predicted molar refractivity (Wildman–Crippen MR) is 154 cm³/mol. The van der Waals surface area contributed by atoms with Gasteiger partial charge in [-0.2, -0.15) is 5.10 Å². The Hall–Kier alpha value is -3.41. The second kappa shape index (κ2) is 9.16. The number of hydrogen-bond acceptors (Lipinski definition) is 4. The highest BCUT2D eigenvalue weighted by Crippen LogP contribution is 2.32. The van der Waals surface area contributed by atoms with Crippen molar-refractivity contribution in [2.24, 2.45) is 7.05 Å². The number of nitrogens with zero attached hydrogens (tertiary/aromatic N) is 5. The molecule has 0 unspecified atom stereocenters. The van der Waals surface area contributed by atoms with Crippen molar-refractivity contribution in [3.8, 4) is 22.6 Å². The Bertz CT molecular complexity index is 1840. The van der Waals surface area contributed by atoms with Crippen molar-refractivity contribution in [2.75, 3.05) is 5.32 Å². The van der Waals surface area contributed by atoms with E-state index in [2.05, 4.69) is 62.1 Å². The van der Waals surface area contributed by atoms with E-state index >= 15 is 0 Å². The number of hydrogen-bond donors (Lipinski definition) is 2. The molecule has 8 nitrogen and oxygen atoms in total. The lowest BCUT2D eigenvalue weighted by molar-refractivity contribution is 0.102. The Labute approximate surface area is 234 Å². The molecule has 0 bridgehead atoms. The number of aryl methyl sites for hydroxylation is 1. The molecule has 0 saturated carbocycles. The highest BCUT2D eigenvalue weighted by molar-refractivity contribution is 14.1. The molecule has 0 atom stereocenters. The van der Waals surface area contributed by atoms with E-state index < -0.39 is 0 Å². The van der Waals surface area contributed by atoms with Crippen molar-refractivity contribution in [1.82, 2.24) is 29.1 Å². The SMILES string of the molecule is Cc1nc(-c2ccc(I)cc2)c(-c2ccc3nc(NC(=O)c4cc5cc(Cl)cc(Cl)c5[nH]4)cn3n2)n1C. The number of aromatic nitrogens is 6. The predicted octanol–water partition coefficient (Wildman–Crippen LogP) is 6.75. The highest BCUT2D eigenvalue weighted by atomic mass is 127. The Balaban J connectivity index is 1.33. The van der Waals surface area contributed by atoms with Crippen molar-refractivity contribution in [2.45, 2.75) is 6.92 Å². The molecule has 2 aromatic carbocycles. The van der Waals surface area contributed by atoms with E-state index in [-0.39, 0.29) is 5.91 Å². The fraction of sp³-hybridized carbons (Fsp3) is 0.0769. The van der Waals surface area contributed by atoms with Gasteiger partial charge in [0.2, 0.25) is 0 Å². The largest absolute Gasteiger partial charge is 0.349 e. The zero-order chi connectivity index (χ0) is 25.8. The maximum Gasteiger partial charge on any atom is 0.273 e. The second-order valence-electron chi connectivity index (χ2n) is 8.56. The van der Waals surface area contributed by atoms with E-state index in [1.54, 1.807) is 28.9 Å². The molecule has 4 heterocycles. The molecule has 6 aromatic rings. The Morgan fingerprint density at radius 1 is 1.05 bits per heavy atom. The van der Waals surface area contributed by atoms with Crippen LogP contribution in [0.15, 0.2) is 60.8 Å². The summed E-state index contributed by atoms with van der Waals surface area (Å²) in [6, 6.07) is 17.1. The number of anilines is 1. The number of halogens is 3. The topological polar surface area (TPSA) is 92.9 Å². The van der Waals surface area contributed by atoms with Gasteiger partial charge in [0.25, 0.3) is 5.91 Å². The van der Waals surface area contributed by atoms with Gasteiger partial charge in [0.05, 0.1) is 28.1 Å². The van der Waals surface area contributed by atoms with Gasteiger partial charge in [0.15, 0.2) is 11.5 Å². The maximum atomic E-state index is 12.9. The molecule has 6 rings (SSSR count). The zero-order valence-electron chi connectivity index (χ0n) is 19.6. The molecule has 4 aromatic heterocycles. The molecule has 0 radical (unpaired) electrons. The smallest absolute Gasteiger partial charge is 0.273 e. The highest BCUT2D eigenvalue weighted by Gasteiger charge is 2.19. The number of rotatable bonds is 4. The van der Waals surface area contributed by atoms with Gasteiger partial charge >= 0.3 is 0 Å². The first-order valence-electron chi connectivity index (χ1n) is 11.2. The minimum atomic E-state index is -0.352. The first-order chi connectivity index (χ1) is 17.8. The number of benzene rings is 2. The molecule has 0 aliphatic carbocycles. The van der Waals surface area contributed by atoms with E-state index in [0.29, 0.717) is 32.7 Å². The summed E-state index contributed by atoms with van der Waals surface area (Å²) in [5.74, 6) is 0.899. The lowest BCUT2D eigenvalue weighted by Gasteiger charge is -2.07. The Morgan fingerprint density at radius 3 is 2.62 bits per heavy atom. The summed E-state index contributed by atoms with van der Waals surface area (Å²) in [4.78, 5) is 25.3. The van der Waals surface area contributed by atoms with Crippen LogP contribution in [0.5, 0.6) is 0 Å². The molecule has 1 amide bonds. The van der Waals surface area contributed by atoms with E-state index in [1.807, 2.05) is 30.7 Å². The van der Waals surface area contributed by atoms with Gasteiger partial charge in [-0.05, 0) is 72.0 Å². The van der Waals surface area contributed by atoms with Crippen molar-refractivity contribution in [3.05, 3.63) is 85.9 Å². The summed E-state index contributed by atoms with van der Waals surface area (Å²) in [5.41, 5.74) is 5.09. The fourth-order valence-electron chi connectivity index (χ4n) is 4.25. The van der Waals surface area contributed by atoms with Crippen molar-refractivity contribution in [1.29, 1.82) is 0 Å². The summed E-state index contributed by atoms with van der Waals surface area (Å²) in [6.07, 6.45) is 1.68. The number of aromatic amines is 1. The normalized spacial score (nSPS) is 11.5. The number of amides is 1. The first kappa shape index (κ1) is 24.0. The monoisotopic (exact) mass is 641 g/mol. The van der Waals surface area contributed by atoms with Crippen LogP contribution in [0.3, 0.4) is 0 Å². The lowest BCUT2D eigenvalue weighted by atomic mass is 10.1. The third kappa shape index (κ3) is 4.36. The molecule has 184 valence electrons. The van der Waals surface area contributed by atoms with Crippen LogP contribution in [-0.2, 0) is 7.05 Å². The van der Waals surface area contributed by atoms with Gasteiger partial charge in [-0.15, -0.1) is 0 Å². The average molecular weight is 642 g/mol. The number of H-pyrrole nitrogens is 1. The van der Waals surface area contributed by atoms with Gasteiger partial charge in [0.1, 0.15) is 17.2 Å². The second-order valence-corrected chi connectivity index (χ2v) is 10.6. The Kier molecular flexibility index (Phi) is 5.93. The van der Waals surface area contributed by atoms with Crippen molar-refractivity contribution in [3.63, 3.8) is 0 Å². The molecule has 0 aliphatic rings. The number of nitrogens with one attached hydrogen (secondary N) is 2. The number of carbonyl (C=O) groups is 1. The standard InChI is InChI=1S/C26H18Cl2IN7O/c1-13-30-24(14-3-5-17(29)6-4-14)25(35(13)2)19-7-8-22-32-21(12-36(22)34-19)33-26(37)20-10-15-9-16(27)11-18(28)23(15)31-20/h3-12,31H,1-2H3,(H,33,37). The summed E-state index contributed by atoms with van der Waals surface area (Å²) >= 11 is 14.6. The quantitative estimate of drug-likeness (QED) is 0.208. The molecule has 2 N–H and O–H groups in total. The number of carbonyl (C=O) groups excluding carboxylic acids is 1. The van der Waals surface area contributed by atoms with Crippen LogP contribution < -0.4 is 5.32 Å². The average Bonchev–Trinajstić information content (AvgIpc) is 3.54. The van der Waals surface area contributed by atoms with Gasteiger partial charge < -0.3 is 14.9 Å². The van der Waals surface area contributed by atoms with Crippen molar-refractivity contribution >= 4 is 74.1 Å². The zero-order valence-corrected chi connectivity index (χ0v) is 23.2. The van der Waals surface area contributed by atoms with E-state index in [4.69, 9.17) is 33.3 Å². The van der Waals surface area contributed by atoms with Crippen LogP contribution in [-0.4, -0.2) is 35.0 Å². The third-order valence-corrected chi connectivity index (χ3v) is 7.37. The number of fused-ring (bicyclic) bond motifs is 2. The summed E-state index contributed by atoms with van der Waals surface area (Å²) in [5, 5.41) is 9.30. The van der Waals surface area contributed by atoms with Crippen LogP contribution >= 0.6 is 45.8 Å². The molecule has 0 saturated heterocycles. The van der Waals surface area contributed by atoms with E-state index in [1.165, 1.54) is 0 Å². The van der Waals surface area contributed by atoms with Crippen LogP contribution in [0.25, 0.3) is 39.2 Å². The third-order valence-electron chi connectivity index (χ3n) is 6.13. The van der Waals surface area contributed by atoms with E-state index in [0.717, 1.165) is 37.4 Å². The first-order valence-corrected chi connectivity index (χ1v) is 13.1. The molecule has 11 heteroatoms. The van der Waals surface area contributed by atoms with Gasteiger partial charge in [0, 0.05) is 26.6 Å². The van der Waals surface area contributed by atoms with E-state index in [9.17, 15) is 4.79 Å². The Morgan fingerprint density at radius 2 is 1.84 bits per heavy atom. The molecular weight excluding hydrogens is 624 g/mol. The van der Waals surface area contributed by atoms with Crippen LogP contribution in [0.1, 0.15) is 16.3 Å². The molecule has 0 fully saturated rings. The molecular formula is C26H18Cl2IN7O. The van der Waals surface area contributed by atoms with Crippen LogP contribution in [0.2, 0.25) is 10.0 Å². The summed E-state index contributed by atoms with van der Waals surface area (Å²) in [6.45, 7) is 1.97. The number of imidazole rings is 2. The van der Waals surface area contributed by atoms with Gasteiger partial charge in [-0.3, -0.25) is 4.79 Å². The summed E-state index contributed by atoms with van der Waals surface area (Å²) in [7, 11) is 1.97. The fourth-order valence-corrected chi connectivity index (χ4v) is 5.17. The minimum Gasteiger partial charge on any atom is -0.349 e.